The molecule has 1 aliphatic rings. The van der Waals surface area contributed by atoms with Gasteiger partial charge in [0.05, 0.1) is 18.1 Å². The Morgan fingerprint density at radius 1 is 1.47 bits per heavy atom. The third-order valence-corrected chi connectivity index (χ3v) is 4.59. The number of hydrogen-bond acceptors (Lipinski definition) is 3. The van der Waals surface area contributed by atoms with E-state index in [9.17, 15) is 9.59 Å². The summed E-state index contributed by atoms with van der Waals surface area (Å²) < 4.78 is 5.40. The molecule has 102 valence electrons. The molecule has 0 spiro atoms. The van der Waals surface area contributed by atoms with Crippen LogP contribution in [0.3, 0.4) is 0 Å². The second-order valence-electron chi connectivity index (χ2n) is 4.89. The molecule has 0 saturated carbocycles. The number of ether oxygens (including phenoxy) is 1. The first kappa shape index (κ1) is 14.1. The first-order valence-electron chi connectivity index (χ1n) is 6.07. The summed E-state index contributed by atoms with van der Waals surface area (Å²) in [5.74, 6) is -0.353. The Hall–Kier alpha value is -1.36. The fraction of sp³-hybridized carbons (Fsp3) is 0.429. The van der Waals surface area contributed by atoms with Crippen molar-refractivity contribution in [2.75, 3.05) is 19.1 Å². The van der Waals surface area contributed by atoms with Crippen molar-refractivity contribution in [3.05, 3.63) is 27.7 Å². The summed E-state index contributed by atoms with van der Waals surface area (Å²) in [7, 11) is 3.10. The SMILES string of the molecule is CCC1(C)C(=O)N(C)c2cc(Br)c(C(=O)OC)cc21. The van der Waals surface area contributed by atoms with E-state index >= 15 is 0 Å². The van der Waals surface area contributed by atoms with E-state index in [1.807, 2.05) is 13.8 Å². The van der Waals surface area contributed by atoms with Crippen LogP contribution < -0.4 is 4.90 Å². The largest absolute Gasteiger partial charge is 0.465 e. The van der Waals surface area contributed by atoms with Crippen molar-refractivity contribution in [2.45, 2.75) is 25.7 Å². The van der Waals surface area contributed by atoms with Gasteiger partial charge in [-0.25, -0.2) is 4.79 Å². The molecule has 1 aliphatic heterocycles. The van der Waals surface area contributed by atoms with E-state index < -0.39 is 11.4 Å². The van der Waals surface area contributed by atoms with Gasteiger partial charge in [0.15, 0.2) is 0 Å². The number of nitrogens with zero attached hydrogens (tertiary/aromatic N) is 1. The zero-order valence-electron chi connectivity index (χ0n) is 11.4. The molecule has 0 aliphatic carbocycles. The van der Waals surface area contributed by atoms with Gasteiger partial charge in [-0.05, 0) is 47.0 Å². The quantitative estimate of drug-likeness (QED) is 0.785. The number of rotatable bonds is 2. The third-order valence-electron chi connectivity index (χ3n) is 3.93. The molecule has 1 amide bonds. The molecule has 0 radical (unpaired) electrons. The highest BCUT2D eigenvalue weighted by atomic mass is 79.9. The number of likely N-dealkylation sites (N-methyl/N-ethyl adjacent to an activating group) is 1. The molecule has 1 atom stereocenters. The van der Waals surface area contributed by atoms with Crippen molar-refractivity contribution < 1.29 is 14.3 Å². The van der Waals surface area contributed by atoms with Crippen LogP contribution in [0.1, 0.15) is 36.2 Å². The minimum atomic E-state index is -0.576. The Labute approximate surface area is 120 Å². The van der Waals surface area contributed by atoms with Crippen LogP contribution in [0.25, 0.3) is 0 Å². The number of esters is 1. The average Bonchev–Trinajstić information content (AvgIpc) is 2.60. The molecular weight excluding hydrogens is 310 g/mol. The maximum Gasteiger partial charge on any atom is 0.339 e. The molecule has 2 rings (SSSR count). The van der Waals surface area contributed by atoms with Crippen LogP contribution in [-0.4, -0.2) is 26.0 Å². The first-order chi connectivity index (χ1) is 8.86. The smallest absolute Gasteiger partial charge is 0.339 e. The van der Waals surface area contributed by atoms with Crippen LogP contribution in [-0.2, 0) is 14.9 Å². The minimum absolute atomic E-state index is 0.0546. The van der Waals surface area contributed by atoms with Crippen LogP contribution in [0.15, 0.2) is 16.6 Å². The van der Waals surface area contributed by atoms with Crippen LogP contribution in [0.2, 0.25) is 0 Å². The number of fused-ring (bicyclic) bond motifs is 1. The van der Waals surface area contributed by atoms with Gasteiger partial charge in [0.25, 0.3) is 0 Å². The van der Waals surface area contributed by atoms with Gasteiger partial charge in [-0.15, -0.1) is 0 Å². The van der Waals surface area contributed by atoms with Crippen LogP contribution >= 0.6 is 15.9 Å². The predicted molar refractivity (Wildman–Crippen MR) is 76.5 cm³/mol. The predicted octanol–water partition coefficient (Wildman–Crippen LogP) is 2.88. The Balaban J connectivity index is 2.68. The first-order valence-corrected chi connectivity index (χ1v) is 6.86. The van der Waals surface area contributed by atoms with E-state index in [4.69, 9.17) is 4.74 Å². The summed E-state index contributed by atoms with van der Waals surface area (Å²) in [6.07, 6.45) is 0.686. The third kappa shape index (κ3) is 1.87. The zero-order valence-corrected chi connectivity index (χ0v) is 13.0. The van der Waals surface area contributed by atoms with Gasteiger partial charge in [-0.1, -0.05) is 6.92 Å². The van der Waals surface area contributed by atoms with Gasteiger partial charge in [0.1, 0.15) is 0 Å². The molecule has 1 unspecified atom stereocenters. The lowest BCUT2D eigenvalue weighted by Gasteiger charge is -2.21. The molecule has 0 saturated heterocycles. The van der Waals surface area contributed by atoms with Gasteiger partial charge >= 0.3 is 5.97 Å². The molecule has 5 heteroatoms. The molecule has 4 nitrogen and oxygen atoms in total. The number of hydrogen-bond donors (Lipinski definition) is 0. The van der Waals surface area contributed by atoms with E-state index in [1.54, 1.807) is 24.1 Å². The molecule has 0 fully saturated rings. The topological polar surface area (TPSA) is 46.6 Å². The Bertz CT molecular complexity index is 570. The second kappa shape index (κ2) is 4.63. The maximum atomic E-state index is 12.4. The Morgan fingerprint density at radius 2 is 2.11 bits per heavy atom. The fourth-order valence-corrected chi connectivity index (χ4v) is 2.98. The summed E-state index contributed by atoms with van der Waals surface area (Å²) in [5, 5.41) is 0. The van der Waals surface area contributed by atoms with E-state index in [2.05, 4.69) is 15.9 Å². The fourth-order valence-electron chi connectivity index (χ4n) is 2.49. The molecule has 0 bridgehead atoms. The standard InChI is InChI=1S/C14H16BrNO3/c1-5-14(2)9-6-8(12(17)19-4)10(15)7-11(9)16(3)13(14)18/h6-7H,5H2,1-4H3. The van der Waals surface area contributed by atoms with Crippen molar-refractivity contribution in [2.24, 2.45) is 0 Å². The highest BCUT2D eigenvalue weighted by Gasteiger charge is 2.45. The van der Waals surface area contributed by atoms with Crippen molar-refractivity contribution in [1.82, 2.24) is 0 Å². The summed E-state index contributed by atoms with van der Waals surface area (Å²) in [6, 6.07) is 3.57. The van der Waals surface area contributed by atoms with E-state index in [1.165, 1.54) is 7.11 Å². The number of anilines is 1. The van der Waals surface area contributed by atoms with Gasteiger partial charge in [0, 0.05) is 17.2 Å². The molecule has 0 N–H and O–H groups in total. The minimum Gasteiger partial charge on any atom is -0.465 e. The molecule has 1 aromatic rings. The molecule has 1 aromatic carbocycles. The number of methoxy groups -OCH3 is 1. The number of benzene rings is 1. The lowest BCUT2D eigenvalue weighted by molar-refractivity contribution is -0.122. The van der Waals surface area contributed by atoms with Gasteiger partial charge in [0.2, 0.25) is 5.91 Å². The Kier molecular flexibility index (Phi) is 3.43. The van der Waals surface area contributed by atoms with Gasteiger partial charge in [-0.2, -0.15) is 0 Å². The van der Waals surface area contributed by atoms with Crippen molar-refractivity contribution in [1.29, 1.82) is 0 Å². The van der Waals surface area contributed by atoms with Gasteiger partial charge in [-0.3, -0.25) is 4.79 Å². The van der Waals surface area contributed by atoms with Crippen LogP contribution in [0.4, 0.5) is 5.69 Å². The number of halogens is 1. The monoisotopic (exact) mass is 325 g/mol. The lowest BCUT2D eigenvalue weighted by atomic mass is 9.81. The maximum absolute atomic E-state index is 12.4. The van der Waals surface area contributed by atoms with Crippen molar-refractivity contribution in [3.63, 3.8) is 0 Å². The van der Waals surface area contributed by atoms with Crippen LogP contribution in [0.5, 0.6) is 0 Å². The van der Waals surface area contributed by atoms with E-state index in [0.717, 1.165) is 11.3 Å². The molecule has 0 aromatic heterocycles. The summed E-state index contributed by atoms with van der Waals surface area (Å²) >= 11 is 3.36. The summed E-state index contributed by atoms with van der Waals surface area (Å²) in [6.45, 7) is 3.88. The normalized spacial score (nSPS) is 21.5. The highest BCUT2D eigenvalue weighted by Crippen LogP contribution is 2.45. The second-order valence-corrected chi connectivity index (χ2v) is 5.74. The van der Waals surface area contributed by atoms with Crippen LogP contribution in [0, 0.1) is 0 Å². The zero-order chi connectivity index (χ0) is 14.4. The number of carbonyl (C=O) groups is 2. The summed E-state index contributed by atoms with van der Waals surface area (Å²) in [5.41, 5.74) is 1.59. The molecule has 1 heterocycles. The number of carbonyl (C=O) groups excluding carboxylic acids is 2. The average molecular weight is 326 g/mol. The summed E-state index contributed by atoms with van der Waals surface area (Å²) in [4.78, 5) is 25.8. The van der Waals surface area contributed by atoms with E-state index in [-0.39, 0.29) is 5.91 Å². The number of amides is 1. The van der Waals surface area contributed by atoms with Crippen molar-refractivity contribution >= 4 is 33.5 Å². The van der Waals surface area contributed by atoms with E-state index in [0.29, 0.717) is 16.5 Å². The Morgan fingerprint density at radius 3 is 2.63 bits per heavy atom. The van der Waals surface area contributed by atoms with Gasteiger partial charge < -0.3 is 9.64 Å². The highest BCUT2D eigenvalue weighted by molar-refractivity contribution is 9.10. The lowest BCUT2D eigenvalue weighted by Crippen LogP contribution is -2.35. The molecular formula is C14H16BrNO3. The van der Waals surface area contributed by atoms with Crippen molar-refractivity contribution in [3.8, 4) is 0 Å². The molecule has 19 heavy (non-hydrogen) atoms.